The number of fused-ring (bicyclic) bond motifs is 1. The lowest BCUT2D eigenvalue weighted by atomic mass is 10.1. The van der Waals surface area contributed by atoms with Crippen LogP contribution in [0, 0.1) is 6.92 Å². The molecule has 0 spiro atoms. The molecule has 0 aliphatic rings. The molecular weight excluding hydrogens is 196 g/mol. The highest BCUT2D eigenvalue weighted by molar-refractivity contribution is 5.82. The predicted molar refractivity (Wildman–Crippen MR) is 54.0 cm³/mol. The number of hydrogen-bond donors (Lipinski definition) is 2. The molecule has 0 radical (unpaired) electrons. The van der Waals surface area contributed by atoms with Gasteiger partial charge in [0, 0.05) is 10.9 Å². The fraction of sp³-hybridized carbons (Fsp3) is 0.182. The third-order valence-corrected chi connectivity index (χ3v) is 2.18. The molecule has 4 heteroatoms. The fourth-order valence-corrected chi connectivity index (χ4v) is 1.55. The van der Waals surface area contributed by atoms with E-state index in [2.05, 4.69) is 0 Å². The molecular formula is C11H10O4. The SMILES string of the molecule is Cc1cc2cc(O)c(CC(=O)O)cc2o1. The van der Waals surface area contributed by atoms with Gasteiger partial charge in [-0.1, -0.05) is 0 Å². The summed E-state index contributed by atoms with van der Waals surface area (Å²) in [6, 6.07) is 4.87. The van der Waals surface area contributed by atoms with Gasteiger partial charge in [0.15, 0.2) is 0 Å². The molecule has 0 unspecified atom stereocenters. The van der Waals surface area contributed by atoms with Gasteiger partial charge in [0.2, 0.25) is 0 Å². The molecule has 2 N–H and O–H groups in total. The summed E-state index contributed by atoms with van der Waals surface area (Å²) in [5.74, 6) is -0.254. The Balaban J connectivity index is 2.55. The second-order valence-electron chi connectivity index (χ2n) is 3.45. The first-order chi connectivity index (χ1) is 7.06. The first kappa shape index (κ1) is 9.58. The fourth-order valence-electron chi connectivity index (χ4n) is 1.55. The molecule has 0 bridgehead atoms. The first-order valence-corrected chi connectivity index (χ1v) is 4.50. The summed E-state index contributed by atoms with van der Waals surface area (Å²) in [7, 11) is 0. The Morgan fingerprint density at radius 2 is 2.13 bits per heavy atom. The monoisotopic (exact) mass is 206 g/mol. The second-order valence-corrected chi connectivity index (χ2v) is 3.45. The number of benzene rings is 1. The topological polar surface area (TPSA) is 70.7 Å². The summed E-state index contributed by atoms with van der Waals surface area (Å²) in [5, 5.41) is 19.0. The van der Waals surface area contributed by atoms with Crippen molar-refractivity contribution in [3.63, 3.8) is 0 Å². The highest BCUT2D eigenvalue weighted by Gasteiger charge is 2.10. The van der Waals surface area contributed by atoms with Crippen molar-refractivity contribution in [2.75, 3.05) is 0 Å². The van der Waals surface area contributed by atoms with Crippen molar-refractivity contribution in [2.45, 2.75) is 13.3 Å². The highest BCUT2D eigenvalue weighted by atomic mass is 16.4. The van der Waals surface area contributed by atoms with Gasteiger partial charge in [-0.15, -0.1) is 0 Å². The molecule has 0 saturated heterocycles. The van der Waals surface area contributed by atoms with Gasteiger partial charge >= 0.3 is 5.97 Å². The average Bonchev–Trinajstić information content (AvgIpc) is 2.44. The van der Waals surface area contributed by atoms with Gasteiger partial charge in [0.25, 0.3) is 0 Å². The summed E-state index contributed by atoms with van der Waals surface area (Å²) in [4.78, 5) is 10.5. The van der Waals surface area contributed by atoms with Crippen molar-refractivity contribution < 1.29 is 19.4 Å². The minimum atomic E-state index is -0.979. The van der Waals surface area contributed by atoms with Crippen molar-refractivity contribution in [1.29, 1.82) is 0 Å². The third-order valence-electron chi connectivity index (χ3n) is 2.18. The Hall–Kier alpha value is -1.97. The van der Waals surface area contributed by atoms with E-state index in [4.69, 9.17) is 9.52 Å². The van der Waals surface area contributed by atoms with Crippen LogP contribution in [0.5, 0.6) is 5.75 Å². The summed E-state index contributed by atoms with van der Waals surface area (Å²) >= 11 is 0. The number of carboxylic acids is 1. The smallest absolute Gasteiger partial charge is 0.307 e. The summed E-state index contributed by atoms with van der Waals surface area (Å²) in [6.45, 7) is 1.80. The van der Waals surface area contributed by atoms with E-state index in [1.54, 1.807) is 19.1 Å². The zero-order valence-corrected chi connectivity index (χ0v) is 8.15. The molecule has 0 aliphatic heterocycles. The Morgan fingerprint density at radius 3 is 2.80 bits per heavy atom. The van der Waals surface area contributed by atoms with E-state index in [0.29, 0.717) is 11.1 Å². The maximum atomic E-state index is 10.5. The number of hydrogen-bond acceptors (Lipinski definition) is 3. The molecule has 15 heavy (non-hydrogen) atoms. The van der Waals surface area contributed by atoms with Gasteiger partial charge < -0.3 is 14.6 Å². The van der Waals surface area contributed by atoms with E-state index in [0.717, 1.165) is 11.1 Å². The molecule has 1 aromatic carbocycles. The molecule has 1 heterocycles. The normalized spacial score (nSPS) is 10.7. The number of carboxylic acid groups (broad SMARTS) is 1. The van der Waals surface area contributed by atoms with Gasteiger partial charge in [-0.05, 0) is 25.1 Å². The van der Waals surface area contributed by atoms with Crippen molar-refractivity contribution in [3.05, 3.63) is 29.5 Å². The van der Waals surface area contributed by atoms with Crippen LogP contribution in [0.3, 0.4) is 0 Å². The van der Waals surface area contributed by atoms with Crippen LogP contribution in [0.2, 0.25) is 0 Å². The van der Waals surface area contributed by atoms with E-state index in [1.807, 2.05) is 0 Å². The predicted octanol–water partition coefficient (Wildman–Crippen LogP) is 2.07. The number of carbonyl (C=O) groups is 1. The van der Waals surface area contributed by atoms with Crippen molar-refractivity contribution >= 4 is 16.9 Å². The number of phenols is 1. The molecule has 2 rings (SSSR count). The lowest BCUT2D eigenvalue weighted by Gasteiger charge is -2.00. The van der Waals surface area contributed by atoms with Crippen LogP contribution in [0.25, 0.3) is 11.0 Å². The Kier molecular flexibility index (Phi) is 2.11. The molecule has 0 amide bonds. The number of phenolic OH excluding ortho intramolecular Hbond substituents is 1. The van der Waals surface area contributed by atoms with Crippen LogP contribution < -0.4 is 0 Å². The van der Waals surface area contributed by atoms with Gasteiger partial charge in [0.1, 0.15) is 17.1 Å². The maximum Gasteiger partial charge on any atom is 0.307 e. The molecule has 0 atom stereocenters. The molecule has 0 fully saturated rings. The maximum absolute atomic E-state index is 10.5. The molecule has 1 aromatic heterocycles. The van der Waals surface area contributed by atoms with Crippen LogP contribution in [-0.4, -0.2) is 16.2 Å². The molecule has 0 saturated carbocycles. The second kappa shape index (κ2) is 3.31. The van der Waals surface area contributed by atoms with E-state index in [-0.39, 0.29) is 12.2 Å². The van der Waals surface area contributed by atoms with E-state index in [1.165, 1.54) is 6.07 Å². The minimum Gasteiger partial charge on any atom is -0.508 e. The molecule has 78 valence electrons. The van der Waals surface area contributed by atoms with Gasteiger partial charge in [-0.25, -0.2) is 0 Å². The number of aromatic hydroxyl groups is 1. The quantitative estimate of drug-likeness (QED) is 0.789. The van der Waals surface area contributed by atoms with Gasteiger partial charge in [-0.2, -0.15) is 0 Å². The zero-order valence-electron chi connectivity index (χ0n) is 8.15. The number of aryl methyl sites for hydroxylation is 1. The Labute approximate surface area is 85.8 Å². The third kappa shape index (κ3) is 1.79. The number of aliphatic carboxylic acids is 1. The Bertz CT molecular complexity index is 525. The number of furan rings is 1. The standard InChI is InChI=1S/C11H10O4/c1-6-2-8-3-9(12)7(5-11(13)14)4-10(8)15-6/h2-4,12H,5H2,1H3,(H,13,14). The summed E-state index contributed by atoms with van der Waals surface area (Å²) in [6.07, 6.45) is -0.207. The lowest BCUT2D eigenvalue weighted by Crippen LogP contribution is -1.99. The van der Waals surface area contributed by atoms with Crippen LogP contribution in [-0.2, 0) is 11.2 Å². The van der Waals surface area contributed by atoms with Gasteiger partial charge in [-0.3, -0.25) is 4.79 Å². The zero-order chi connectivity index (χ0) is 11.0. The molecule has 4 nitrogen and oxygen atoms in total. The van der Waals surface area contributed by atoms with E-state index < -0.39 is 5.97 Å². The van der Waals surface area contributed by atoms with Crippen molar-refractivity contribution in [2.24, 2.45) is 0 Å². The number of rotatable bonds is 2. The summed E-state index contributed by atoms with van der Waals surface area (Å²) < 4.78 is 5.34. The van der Waals surface area contributed by atoms with Crippen molar-refractivity contribution in [1.82, 2.24) is 0 Å². The molecule has 2 aromatic rings. The summed E-state index contributed by atoms with van der Waals surface area (Å²) in [5.41, 5.74) is 0.964. The van der Waals surface area contributed by atoms with Gasteiger partial charge in [0.05, 0.1) is 6.42 Å². The van der Waals surface area contributed by atoms with Crippen molar-refractivity contribution in [3.8, 4) is 5.75 Å². The minimum absolute atomic E-state index is 0.00861. The highest BCUT2D eigenvalue weighted by Crippen LogP contribution is 2.27. The first-order valence-electron chi connectivity index (χ1n) is 4.50. The van der Waals surface area contributed by atoms with E-state index >= 15 is 0 Å². The van der Waals surface area contributed by atoms with Crippen LogP contribution in [0.1, 0.15) is 11.3 Å². The molecule has 0 aliphatic carbocycles. The average molecular weight is 206 g/mol. The van der Waals surface area contributed by atoms with E-state index in [9.17, 15) is 9.90 Å². The van der Waals surface area contributed by atoms with Crippen LogP contribution >= 0.6 is 0 Å². The van der Waals surface area contributed by atoms with Crippen LogP contribution in [0.4, 0.5) is 0 Å². The Morgan fingerprint density at radius 1 is 1.40 bits per heavy atom. The largest absolute Gasteiger partial charge is 0.508 e. The lowest BCUT2D eigenvalue weighted by molar-refractivity contribution is -0.136. The van der Waals surface area contributed by atoms with Crippen LogP contribution in [0.15, 0.2) is 22.6 Å².